The first-order chi connectivity index (χ1) is 7.78. The van der Waals surface area contributed by atoms with Gasteiger partial charge in [-0.25, -0.2) is 0 Å². The van der Waals surface area contributed by atoms with Crippen LogP contribution >= 0.6 is 0 Å². The number of nitrogens with zero attached hydrogens (tertiary/aromatic N) is 1. The van der Waals surface area contributed by atoms with Crippen molar-refractivity contribution in [3.63, 3.8) is 0 Å². The van der Waals surface area contributed by atoms with Gasteiger partial charge in [-0.05, 0) is 24.5 Å². The molecule has 0 bridgehead atoms. The van der Waals surface area contributed by atoms with Crippen LogP contribution in [0.2, 0.25) is 0 Å². The van der Waals surface area contributed by atoms with Crippen LogP contribution in [-0.4, -0.2) is 24.4 Å². The molecular formula is C12H16F3NO. The quantitative estimate of drug-likeness (QED) is 0.557. The maximum Gasteiger partial charge on any atom is 0.573 e. The van der Waals surface area contributed by atoms with E-state index in [-0.39, 0.29) is 0 Å². The van der Waals surface area contributed by atoms with Gasteiger partial charge in [-0.2, -0.15) is 0 Å². The Morgan fingerprint density at radius 2 is 2.00 bits per heavy atom. The third-order valence-electron chi connectivity index (χ3n) is 2.54. The van der Waals surface area contributed by atoms with Gasteiger partial charge in [-0.3, -0.25) is 0 Å². The van der Waals surface area contributed by atoms with Crippen molar-refractivity contribution in [3.8, 4) is 0 Å². The third-order valence-corrected chi connectivity index (χ3v) is 2.54. The number of rotatable bonds is 4. The molecule has 1 rings (SSSR count). The molecule has 0 amide bonds. The van der Waals surface area contributed by atoms with Gasteiger partial charge >= 0.3 is 6.36 Å². The summed E-state index contributed by atoms with van der Waals surface area (Å²) in [7, 11) is 0. The Hall–Kier alpha value is -1.39. The molecule has 0 saturated carbocycles. The third kappa shape index (κ3) is 4.97. The highest BCUT2D eigenvalue weighted by Gasteiger charge is 2.30. The molecule has 0 spiro atoms. The highest BCUT2D eigenvalue weighted by atomic mass is 19.4. The van der Waals surface area contributed by atoms with E-state index in [4.69, 9.17) is 0 Å². The Balaban J connectivity index is 2.43. The molecule has 5 heteroatoms. The first-order valence-electron chi connectivity index (χ1n) is 5.34. The van der Waals surface area contributed by atoms with Crippen molar-refractivity contribution in [2.75, 3.05) is 13.1 Å². The monoisotopic (exact) mass is 247 g/mol. The molecule has 1 aliphatic rings. The molecule has 1 heterocycles. The molecule has 1 saturated heterocycles. The van der Waals surface area contributed by atoms with Gasteiger partial charge in [0.1, 0.15) is 5.76 Å². The highest BCUT2D eigenvalue weighted by molar-refractivity contribution is 5.21. The highest BCUT2D eigenvalue weighted by Crippen LogP contribution is 2.22. The van der Waals surface area contributed by atoms with E-state index in [0.717, 1.165) is 19.5 Å². The fraction of sp³-hybridized carbons (Fsp3) is 0.500. The summed E-state index contributed by atoms with van der Waals surface area (Å²) in [6.07, 6.45) is -0.942. The smallest absolute Gasteiger partial charge is 0.406 e. The maximum atomic E-state index is 11.8. The van der Waals surface area contributed by atoms with E-state index in [2.05, 4.69) is 24.8 Å². The van der Waals surface area contributed by atoms with Crippen molar-refractivity contribution in [3.05, 3.63) is 36.8 Å². The lowest BCUT2D eigenvalue weighted by Crippen LogP contribution is -2.17. The molecule has 1 fully saturated rings. The summed E-state index contributed by atoms with van der Waals surface area (Å²) < 4.78 is 39.1. The minimum absolute atomic E-state index is 0.439. The molecule has 0 aromatic rings. The van der Waals surface area contributed by atoms with E-state index in [9.17, 15) is 13.2 Å². The molecule has 0 aromatic heterocycles. The normalized spacial score (nSPS) is 20.9. The lowest BCUT2D eigenvalue weighted by atomic mass is 10.2. The molecule has 1 atom stereocenters. The zero-order chi connectivity index (χ0) is 13.1. The zero-order valence-corrected chi connectivity index (χ0v) is 9.76. The van der Waals surface area contributed by atoms with Crippen LogP contribution in [0.15, 0.2) is 36.8 Å². The number of ether oxygens (including phenoxy) is 1. The molecule has 1 aliphatic heterocycles. The Bertz CT molecular complexity index is 333. The van der Waals surface area contributed by atoms with Crippen molar-refractivity contribution in [2.45, 2.75) is 19.7 Å². The second kappa shape index (κ2) is 5.29. The molecular weight excluding hydrogens is 231 g/mol. The van der Waals surface area contributed by atoms with Gasteiger partial charge in [0.15, 0.2) is 0 Å². The molecule has 17 heavy (non-hydrogen) atoms. The molecule has 96 valence electrons. The molecule has 0 aliphatic carbocycles. The SMILES string of the molecule is C=C(/C=C\C(=C)N1CCC(C)C1)OC(F)(F)F. The number of allylic oxidation sites excluding steroid dienone is 2. The zero-order valence-electron chi connectivity index (χ0n) is 9.76. The van der Waals surface area contributed by atoms with Crippen molar-refractivity contribution in [1.82, 2.24) is 4.90 Å². The largest absolute Gasteiger partial charge is 0.573 e. The van der Waals surface area contributed by atoms with Gasteiger partial charge in [-0.15, -0.1) is 13.2 Å². The number of halogens is 3. The van der Waals surface area contributed by atoms with Crippen LogP contribution in [-0.2, 0) is 4.74 Å². The number of hydrogen-bond donors (Lipinski definition) is 0. The summed E-state index contributed by atoms with van der Waals surface area (Å²) in [5, 5.41) is 0. The first-order valence-corrected chi connectivity index (χ1v) is 5.34. The Kier molecular flexibility index (Phi) is 4.26. The summed E-state index contributed by atoms with van der Waals surface area (Å²) in [4.78, 5) is 2.03. The van der Waals surface area contributed by atoms with Crippen LogP contribution in [0.3, 0.4) is 0 Å². The van der Waals surface area contributed by atoms with Crippen molar-refractivity contribution < 1.29 is 17.9 Å². The van der Waals surface area contributed by atoms with E-state index >= 15 is 0 Å². The summed E-state index contributed by atoms with van der Waals surface area (Å²) in [5.74, 6) is 0.153. The summed E-state index contributed by atoms with van der Waals surface area (Å²) in [5.41, 5.74) is 0.682. The van der Waals surface area contributed by atoms with Crippen LogP contribution in [0.25, 0.3) is 0 Å². The average Bonchev–Trinajstić information content (AvgIpc) is 2.58. The predicted octanol–water partition coefficient (Wildman–Crippen LogP) is 3.45. The first kappa shape index (κ1) is 13.7. The van der Waals surface area contributed by atoms with Crippen LogP contribution in [0.4, 0.5) is 13.2 Å². The minimum Gasteiger partial charge on any atom is -0.406 e. The van der Waals surface area contributed by atoms with Gasteiger partial charge in [0.05, 0.1) is 0 Å². The van der Waals surface area contributed by atoms with E-state index in [0.29, 0.717) is 11.6 Å². The van der Waals surface area contributed by atoms with Gasteiger partial charge in [0, 0.05) is 18.8 Å². The Morgan fingerprint density at radius 1 is 1.35 bits per heavy atom. The van der Waals surface area contributed by atoms with Crippen LogP contribution in [0, 0.1) is 5.92 Å². The lowest BCUT2D eigenvalue weighted by molar-refractivity contribution is -0.303. The summed E-state index contributed by atoms with van der Waals surface area (Å²) in [6.45, 7) is 10.9. The molecule has 0 N–H and O–H groups in total. The molecule has 0 radical (unpaired) electrons. The van der Waals surface area contributed by atoms with E-state index in [1.807, 2.05) is 4.90 Å². The fourth-order valence-electron chi connectivity index (χ4n) is 1.67. The van der Waals surface area contributed by atoms with E-state index < -0.39 is 12.1 Å². The average molecular weight is 247 g/mol. The maximum absolute atomic E-state index is 11.8. The van der Waals surface area contributed by atoms with Crippen molar-refractivity contribution >= 4 is 0 Å². The molecule has 1 unspecified atom stereocenters. The Labute approximate surface area is 99.0 Å². The summed E-state index contributed by atoms with van der Waals surface area (Å²) >= 11 is 0. The van der Waals surface area contributed by atoms with E-state index in [1.54, 1.807) is 0 Å². The lowest BCUT2D eigenvalue weighted by Gasteiger charge is -2.18. The fourth-order valence-corrected chi connectivity index (χ4v) is 1.67. The number of likely N-dealkylation sites (tertiary alicyclic amines) is 1. The van der Waals surface area contributed by atoms with Gasteiger partial charge < -0.3 is 9.64 Å². The predicted molar refractivity (Wildman–Crippen MR) is 59.9 cm³/mol. The van der Waals surface area contributed by atoms with Crippen LogP contribution < -0.4 is 0 Å². The van der Waals surface area contributed by atoms with Crippen molar-refractivity contribution in [1.29, 1.82) is 0 Å². The van der Waals surface area contributed by atoms with Crippen LogP contribution in [0.5, 0.6) is 0 Å². The van der Waals surface area contributed by atoms with Gasteiger partial charge in [-0.1, -0.05) is 20.1 Å². The summed E-state index contributed by atoms with van der Waals surface area (Å²) in [6, 6.07) is 0. The molecule has 2 nitrogen and oxygen atoms in total. The standard InChI is InChI=1S/C12H16F3NO/c1-9-6-7-16(8-9)10(2)4-5-11(3)17-12(13,14)15/h4-5,9H,2-3,6-8H2,1H3/b5-4-. The molecule has 0 aromatic carbocycles. The Morgan fingerprint density at radius 3 is 2.47 bits per heavy atom. The number of alkyl halides is 3. The van der Waals surface area contributed by atoms with Crippen LogP contribution in [0.1, 0.15) is 13.3 Å². The second-order valence-electron chi connectivity index (χ2n) is 4.18. The van der Waals surface area contributed by atoms with Gasteiger partial charge in [0.2, 0.25) is 0 Å². The van der Waals surface area contributed by atoms with Gasteiger partial charge in [0.25, 0.3) is 0 Å². The van der Waals surface area contributed by atoms with Crippen molar-refractivity contribution in [2.24, 2.45) is 5.92 Å². The minimum atomic E-state index is -4.69. The second-order valence-corrected chi connectivity index (χ2v) is 4.18. The number of hydrogen-bond acceptors (Lipinski definition) is 2. The van der Waals surface area contributed by atoms with E-state index in [1.165, 1.54) is 12.2 Å². The topological polar surface area (TPSA) is 12.5 Å².